The molecule has 0 radical (unpaired) electrons. The van der Waals surface area contributed by atoms with Gasteiger partial charge in [0, 0.05) is 18.4 Å². The molecule has 3 N–H and O–H groups in total. The number of rotatable bonds is 6. The van der Waals surface area contributed by atoms with Crippen molar-refractivity contribution in [3.63, 3.8) is 0 Å². The Hall–Kier alpha value is -2.51. The Kier molecular flexibility index (Phi) is 5.02. The number of hydrogen-bond acceptors (Lipinski definition) is 7. The molecule has 2 aromatic heterocycles. The Morgan fingerprint density at radius 2 is 2.08 bits per heavy atom. The topological polar surface area (TPSA) is 83.0 Å². The molecule has 0 aliphatic rings. The predicted molar refractivity (Wildman–Crippen MR) is 97.7 cm³/mol. The number of hydrogen-bond donors (Lipinski definition) is 3. The molecule has 0 spiro atoms. The summed E-state index contributed by atoms with van der Waals surface area (Å²) >= 11 is 1.58. The van der Waals surface area contributed by atoms with Crippen LogP contribution in [0.15, 0.2) is 36.5 Å². The minimum atomic E-state index is 0.00365. The maximum atomic E-state index is 9.23. The van der Waals surface area contributed by atoms with Gasteiger partial charge < -0.3 is 15.7 Å². The molecular weight excluding hydrogens is 322 g/mol. The SMILES string of the molecule is CCNc1nc(C)c(-c2ccnc(Nc3cccc(CO)c3)n2)s1. The van der Waals surface area contributed by atoms with Crippen molar-refractivity contribution in [2.24, 2.45) is 0 Å². The van der Waals surface area contributed by atoms with Crippen molar-refractivity contribution < 1.29 is 5.11 Å². The number of aliphatic hydroxyl groups is 1. The van der Waals surface area contributed by atoms with E-state index in [-0.39, 0.29) is 6.61 Å². The maximum Gasteiger partial charge on any atom is 0.227 e. The largest absolute Gasteiger partial charge is 0.392 e. The van der Waals surface area contributed by atoms with E-state index >= 15 is 0 Å². The first-order chi connectivity index (χ1) is 11.7. The Balaban J connectivity index is 1.86. The predicted octanol–water partition coefficient (Wildman–Crippen LogP) is 3.58. The number of aliphatic hydroxyl groups excluding tert-OH is 1. The standard InChI is InChI=1S/C17H19N5OS/c1-3-18-17-20-11(2)15(24-17)14-7-8-19-16(22-14)21-13-6-4-5-12(9-13)10-23/h4-9,23H,3,10H2,1-2H3,(H,18,20)(H,19,21,22). The van der Waals surface area contributed by atoms with Crippen molar-refractivity contribution in [1.29, 1.82) is 0 Å². The molecule has 3 rings (SSSR count). The summed E-state index contributed by atoms with van der Waals surface area (Å²) < 4.78 is 0. The van der Waals surface area contributed by atoms with Crippen molar-refractivity contribution in [3.8, 4) is 10.6 Å². The lowest BCUT2D eigenvalue weighted by molar-refractivity contribution is 0.282. The second-order valence-electron chi connectivity index (χ2n) is 5.21. The van der Waals surface area contributed by atoms with Crippen LogP contribution in [-0.2, 0) is 6.61 Å². The summed E-state index contributed by atoms with van der Waals surface area (Å²) in [6, 6.07) is 9.42. The average Bonchev–Trinajstić information content (AvgIpc) is 2.96. The van der Waals surface area contributed by atoms with Gasteiger partial charge in [0.2, 0.25) is 5.95 Å². The zero-order valence-electron chi connectivity index (χ0n) is 13.6. The van der Waals surface area contributed by atoms with Crippen LogP contribution in [0.25, 0.3) is 10.6 Å². The third-order valence-corrected chi connectivity index (χ3v) is 4.52. The number of anilines is 3. The van der Waals surface area contributed by atoms with Crippen LogP contribution in [0.3, 0.4) is 0 Å². The van der Waals surface area contributed by atoms with Crippen molar-refractivity contribution in [2.45, 2.75) is 20.5 Å². The first-order valence-corrected chi connectivity index (χ1v) is 8.52. The minimum Gasteiger partial charge on any atom is -0.392 e. The molecule has 6 nitrogen and oxygen atoms in total. The summed E-state index contributed by atoms with van der Waals surface area (Å²) in [7, 11) is 0. The number of thiazole rings is 1. The highest BCUT2D eigenvalue weighted by Gasteiger charge is 2.11. The molecule has 124 valence electrons. The lowest BCUT2D eigenvalue weighted by Crippen LogP contribution is -1.98. The van der Waals surface area contributed by atoms with E-state index in [2.05, 4.69) is 25.6 Å². The molecule has 0 saturated carbocycles. The fourth-order valence-corrected chi connectivity index (χ4v) is 3.29. The molecular formula is C17H19N5OS. The van der Waals surface area contributed by atoms with Crippen LogP contribution in [-0.4, -0.2) is 26.6 Å². The highest BCUT2D eigenvalue weighted by Crippen LogP contribution is 2.31. The van der Waals surface area contributed by atoms with E-state index in [1.54, 1.807) is 17.5 Å². The lowest BCUT2D eigenvalue weighted by Gasteiger charge is -2.07. The van der Waals surface area contributed by atoms with Gasteiger partial charge >= 0.3 is 0 Å². The Morgan fingerprint density at radius 1 is 1.21 bits per heavy atom. The molecule has 2 heterocycles. The second kappa shape index (κ2) is 7.37. The molecule has 0 atom stereocenters. The number of aromatic nitrogens is 3. The summed E-state index contributed by atoms with van der Waals surface area (Å²) in [4.78, 5) is 14.4. The van der Waals surface area contributed by atoms with Crippen LogP contribution in [0.5, 0.6) is 0 Å². The fraction of sp³-hybridized carbons (Fsp3) is 0.235. The van der Waals surface area contributed by atoms with E-state index in [0.717, 1.165) is 39.2 Å². The van der Waals surface area contributed by atoms with Gasteiger partial charge in [-0.25, -0.2) is 15.0 Å². The van der Waals surface area contributed by atoms with Crippen molar-refractivity contribution in [3.05, 3.63) is 47.8 Å². The van der Waals surface area contributed by atoms with Gasteiger partial charge in [0.25, 0.3) is 0 Å². The van der Waals surface area contributed by atoms with E-state index in [4.69, 9.17) is 0 Å². The maximum absolute atomic E-state index is 9.23. The molecule has 0 amide bonds. The zero-order valence-corrected chi connectivity index (χ0v) is 14.4. The van der Waals surface area contributed by atoms with Crippen molar-refractivity contribution in [2.75, 3.05) is 17.2 Å². The molecule has 3 aromatic rings. The van der Waals surface area contributed by atoms with E-state index in [0.29, 0.717) is 5.95 Å². The molecule has 0 aliphatic heterocycles. The molecule has 0 saturated heterocycles. The molecule has 0 bridgehead atoms. The monoisotopic (exact) mass is 341 g/mol. The fourth-order valence-electron chi connectivity index (χ4n) is 2.28. The molecule has 24 heavy (non-hydrogen) atoms. The Morgan fingerprint density at radius 3 is 2.88 bits per heavy atom. The van der Waals surface area contributed by atoms with Crippen LogP contribution in [0.1, 0.15) is 18.2 Å². The number of nitrogens with zero attached hydrogens (tertiary/aromatic N) is 3. The smallest absolute Gasteiger partial charge is 0.227 e. The third-order valence-electron chi connectivity index (χ3n) is 3.38. The van der Waals surface area contributed by atoms with E-state index in [1.165, 1.54) is 0 Å². The number of benzene rings is 1. The van der Waals surface area contributed by atoms with Gasteiger partial charge in [-0.05, 0) is 37.6 Å². The average molecular weight is 341 g/mol. The van der Waals surface area contributed by atoms with E-state index in [1.807, 2.05) is 44.2 Å². The van der Waals surface area contributed by atoms with Crippen LogP contribution >= 0.6 is 11.3 Å². The number of aryl methyl sites for hydroxylation is 1. The summed E-state index contributed by atoms with van der Waals surface area (Å²) in [6.07, 6.45) is 1.73. The van der Waals surface area contributed by atoms with Gasteiger partial charge in [0.05, 0.1) is 22.9 Å². The summed E-state index contributed by atoms with van der Waals surface area (Å²) in [5, 5.41) is 16.5. The minimum absolute atomic E-state index is 0.00365. The normalized spacial score (nSPS) is 10.6. The third kappa shape index (κ3) is 3.69. The van der Waals surface area contributed by atoms with E-state index < -0.39 is 0 Å². The van der Waals surface area contributed by atoms with E-state index in [9.17, 15) is 5.11 Å². The van der Waals surface area contributed by atoms with Crippen molar-refractivity contribution in [1.82, 2.24) is 15.0 Å². The highest BCUT2D eigenvalue weighted by molar-refractivity contribution is 7.19. The van der Waals surface area contributed by atoms with Gasteiger partial charge in [0.1, 0.15) is 0 Å². The van der Waals surface area contributed by atoms with Crippen molar-refractivity contribution >= 4 is 28.1 Å². The van der Waals surface area contributed by atoms with Gasteiger partial charge in [0.15, 0.2) is 5.13 Å². The first-order valence-electron chi connectivity index (χ1n) is 7.71. The van der Waals surface area contributed by atoms with Crippen LogP contribution in [0, 0.1) is 6.92 Å². The Bertz CT molecular complexity index is 833. The summed E-state index contributed by atoms with van der Waals surface area (Å²) in [6.45, 7) is 4.87. The molecule has 0 unspecified atom stereocenters. The van der Waals surface area contributed by atoms with Crippen LogP contribution in [0.4, 0.5) is 16.8 Å². The number of nitrogens with one attached hydrogen (secondary N) is 2. The molecule has 0 fully saturated rings. The van der Waals surface area contributed by atoms with Gasteiger partial charge in [-0.3, -0.25) is 0 Å². The van der Waals surface area contributed by atoms with Gasteiger partial charge in [-0.15, -0.1) is 0 Å². The molecule has 7 heteroatoms. The van der Waals surface area contributed by atoms with Crippen LogP contribution < -0.4 is 10.6 Å². The molecule has 1 aromatic carbocycles. The lowest BCUT2D eigenvalue weighted by atomic mass is 10.2. The summed E-state index contributed by atoms with van der Waals surface area (Å²) in [5.41, 5.74) is 3.46. The summed E-state index contributed by atoms with van der Waals surface area (Å²) in [5.74, 6) is 0.514. The van der Waals surface area contributed by atoms with Crippen LogP contribution in [0.2, 0.25) is 0 Å². The van der Waals surface area contributed by atoms with Gasteiger partial charge in [-0.2, -0.15) is 0 Å². The second-order valence-corrected chi connectivity index (χ2v) is 6.21. The quantitative estimate of drug-likeness (QED) is 0.636. The molecule has 0 aliphatic carbocycles. The van der Waals surface area contributed by atoms with Gasteiger partial charge in [-0.1, -0.05) is 23.5 Å². The first kappa shape index (κ1) is 16.4. The zero-order chi connectivity index (χ0) is 16.9. The highest BCUT2D eigenvalue weighted by atomic mass is 32.1. The Labute approximate surface area is 144 Å².